The van der Waals surface area contributed by atoms with Crippen LogP contribution in [0.25, 0.3) is 0 Å². The fraction of sp³-hybridized carbons (Fsp3) is 0.529. The second-order valence-corrected chi connectivity index (χ2v) is 8.51. The first kappa shape index (κ1) is 19.7. The summed E-state index contributed by atoms with van der Waals surface area (Å²) < 4.78 is 46.3. The Hall–Kier alpha value is -2.04. The Kier molecular flexibility index (Phi) is 5.78. The van der Waals surface area contributed by atoms with Gasteiger partial charge in [-0.2, -0.15) is 17.0 Å². The van der Waals surface area contributed by atoms with E-state index in [1.165, 1.54) is 39.8 Å². The molecule has 1 aromatic carbocycles. The molecule has 2 aliphatic rings. The van der Waals surface area contributed by atoms with E-state index in [9.17, 15) is 22.4 Å². The second kappa shape index (κ2) is 7.91. The highest BCUT2D eigenvalue weighted by molar-refractivity contribution is 7.86. The van der Waals surface area contributed by atoms with Crippen LogP contribution in [0.2, 0.25) is 0 Å². The molecule has 2 heterocycles. The van der Waals surface area contributed by atoms with E-state index in [-0.39, 0.29) is 38.6 Å². The summed E-state index contributed by atoms with van der Waals surface area (Å²) in [5.74, 6) is -1.09. The molecule has 2 saturated heterocycles. The molecule has 0 radical (unpaired) electrons. The first-order chi connectivity index (χ1) is 12.8. The van der Waals surface area contributed by atoms with Gasteiger partial charge in [0.2, 0.25) is 0 Å². The lowest BCUT2D eigenvalue weighted by atomic mass is 10.2. The average molecular weight is 399 g/mol. The van der Waals surface area contributed by atoms with Crippen molar-refractivity contribution in [2.24, 2.45) is 0 Å². The van der Waals surface area contributed by atoms with E-state index >= 15 is 0 Å². The molecule has 1 unspecified atom stereocenters. The first-order valence-corrected chi connectivity index (χ1v) is 10.1. The molecule has 148 valence electrons. The number of rotatable bonds is 4. The van der Waals surface area contributed by atoms with Crippen LogP contribution < -0.4 is 0 Å². The maximum Gasteiger partial charge on any atom is 0.302 e. The highest BCUT2D eigenvalue weighted by Gasteiger charge is 2.38. The zero-order valence-corrected chi connectivity index (χ0v) is 15.8. The van der Waals surface area contributed by atoms with Crippen molar-refractivity contribution < 1.29 is 27.1 Å². The lowest BCUT2D eigenvalue weighted by Gasteiger charge is -2.35. The minimum absolute atomic E-state index is 0.149. The fourth-order valence-corrected chi connectivity index (χ4v) is 4.94. The molecule has 1 aromatic rings. The smallest absolute Gasteiger partial charge is 0.302 e. The standard InChI is InChI=1S/C17H22FN3O5S/c1-13(22)26-16-6-7-21(12-16)27(24,25)20-10-8-19(9-11-20)17(23)14-2-4-15(18)5-3-14/h2-5,16H,6-12H2,1H3. The summed E-state index contributed by atoms with van der Waals surface area (Å²) in [6, 6.07) is 5.28. The normalized spacial score (nSPS) is 22.0. The number of halogens is 1. The van der Waals surface area contributed by atoms with Crippen molar-refractivity contribution in [3.63, 3.8) is 0 Å². The zero-order valence-electron chi connectivity index (χ0n) is 15.0. The van der Waals surface area contributed by atoms with Gasteiger partial charge in [0, 0.05) is 45.2 Å². The van der Waals surface area contributed by atoms with Gasteiger partial charge in [-0.25, -0.2) is 4.39 Å². The molecule has 8 nitrogen and oxygen atoms in total. The Bertz CT molecular complexity index is 806. The van der Waals surface area contributed by atoms with Crippen LogP contribution in [0.15, 0.2) is 24.3 Å². The molecule has 0 aromatic heterocycles. The van der Waals surface area contributed by atoms with Crippen molar-refractivity contribution in [2.45, 2.75) is 19.4 Å². The number of hydrogen-bond donors (Lipinski definition) is 0. The number of nitrogens with zero attached hydrogens (tertiary/aromatic N) is 3. The quantitative estimate of drug-likeness (QED) is 0.687. The van der Waals surface area contributed by atoms with Crippen molar-refractivity contribution >= 4 is 22.1 Å². The number of amides is 1. The number of piperazine rings is 1. The van der Waals surface area contributed by atoms with Crippen molar-refractivity contribution in [3.05, 3.63) is 35.6 Å². The predicted molar refractivity (Wildman–Crippen MR) is 94.5 cm³/mol. The van der Waals surface area contributed by atoms with E-state index in [2.05, 4.69) is 0 Å². The second-order valence-electron chi connectivity index (χ2n) is 6.58. The fourth-order valence-electron chi connectivity index (χ4n) is 3.30. The summed E-state index contributed by atoms with van der Waals surface area (Å²) in [6.07, 6.45) is 0.0561. The van der Waals surface area contributed by atoms with Crippen LogP contribution in [-0.4, -0.2) is 79.2 Å². The number of carbonyl (C=O) groups excluding carboxylic acids is 2. The summed E-state index contributed by atoms with van der Waals surface area (Å²) in [6.45, 7) is 2.64. The highest BCUT2D eigenvalue weighted by Crippen LogP contribution is 2.21. The van der Waals surface area contributed by atoms with Gasteiger partial charge in [0.25, 0.3) is 16.1 Å². The van der Waals surface area contributed by atoms with Crippen molar-refractivity contribution in [1.29, 1.82) is 0 Å². The number of benzene rings is 1. The molecular weight excluding hydrogens is 377 g/mol. The maximum absolute atomic E-state index is 13.0. The van der Waals surface area contributed by atoms with E-state index in [4.69, 9.17) is 4.74 Å². The summed E-state index contributed by atoms with van der Waals surface area (Å²) >= 11 is 0. The molecule has 0 aliphatic carbocycles. The summed E-state index contributed by atoms with van der Waals surface area (Å²) in [5.41, 5.74) is 0.372. The van der Waals surface area contributed by atoms with E-state index in [1.807, 2.05) is 0 Å². The molecule has 1 atom stereocenters. The molecule has 10 heteroatoms. The van der Waals surface area contributed by atoms with Crippen molar-refractivity contribution in [3.8, 4) is 0 Å². The monoisotopic (exact) mass is 399 g/mol. The van der Waals surface area contributed by atoms with Crippen LogP contribution in [0.1, 0.15) is 23.7 Å². The molecule has 0 saturated carbocycles. The van der Waals surface area contributed by atoms with Gasteiger partial charge in [-0.3, -0.25) is 9.59 Å². The van der Waals surface area contributed by atoms with Crippen LogP contribution in [0, 0.1) is 5.82 Å². The Morgan fingerprint density at radius 1 is 1.04 bits per heavy atom. The van der Waals surface area contributed by atoms with Gasteiger partial charge in [-0.1, -0.05) is 0 Å². The third kappa shape index (κ3) is 4.45. The average Bonchev–Trinajstić information content (AvgIpc) is 3.10. The topological polar surface area (TPSA) is 87.2 Å². The molecule has 0 N–H and O–H groups in total. The Morgan fingerprint density at radius 2 is 1.67 bits per heavy atom. The minimum atomic E-state index is -3.66. The van der Waals surface area contributed by atoms with Crippen molar-refractivity contribution in [2.75, 3.05) is 39.3 Å². The molecule has 2 fully saturated rings. The van der Waals surface area contributed by atoms with Crippen LogP contribution in [-0.2, 0) is 19.7 Å². The van der Waals surface area contributed by atoms with Gasteiger partial charge in [0.15, 0.2) is 0 Å². The van der Waals surface area contributed by atoms with Crippen LogP contribution >= 0.6 is 0 Å². The predicted octanol–water partition coefficient (Wildman–Crippen LogP) is 0.466. The zero-order chi connectivity index (χ0) is 19.6. The first-order valence-electron chi connectivity index (χ1n) is 8.74. The van der Waals surface area contributed by atoms with Gasteiger partial charge in [-0.15, -0.1) is 0 Å². The molecule has 1 amide bonds. The minimum Gasteiger partial charge on any atom is -0.461 e. The molecule has 27 heavy (non-hydrogen) atoms. The third-order valence-corrected chi connectivity index (χ3v) is 6.71. The van der Waals surface area contributed by atoms with E-state index < -0.39 is 28.1 Å². The Balaban J connectivity index is 1.57. The van der Waals surface area contributed by atoms with Crippen LogP contribution in [0.5, 0.6) is 0 Å². The Morgan fingerprint density at radius 3 is 2.26 bits per heavy atom. The molecule has 2 aliphatic heterocycles. The van der Waals surface area contributed by atoms with Gasteiger partial charge >= 0.3 is 5.97 Å². The van der Waals surface area contributed by atoms with Crippen LogP contribution in [0.4, 0.5) is 4.39 Å². The number of esters is 1. The molecule has 0 spiro atoms. The van der Waals surface area contributed by atoms with Crippen molar-refractivity contribution in [1.82, 2.24) is 13.5 Å². The van der Waals surface area contributed by atoms with Gasteiger partial charge < -0.3 is 9.64 Å². The largest absolute Gasteiger partial charge is 0.461 e. The maximum atomic E-state index is 13.0. The summed E-state index contributed by atoms with van der Waals surface area (Å²) in [7, 11) is -3.66. The number of hydrogen-bond acceptors (Lipinski definition) is 5. The van der Waals surface area contributed by atoms with Gasteiger partial charge in [0.1, 0.15) is 11.9 Å². The number of ether oxygens (including phenoxy) is 1. The summed E-state index contributed by atoms with van der Waals surface area (Å²) in [5, 5.41) is 0. The van der Waals surface area contributed by atoms with E-state index in [1.54, 1.807) is 4.90 Å². The number of carbonyl (C=O) groups is 2. The van der Waals surface area contributed by atoms with E-state index in [0.717, 1.165) is 0 Å². The van der Waals surface area contributed by atoms with Gasteiger partial charge in [-0.05, 0) is 30.7 Å². The molecule has 3 rings (SSSR count). The lowest BCUT2D eigenvalue weighted by Crippen LogP contribution is -2.54. The van der Waals surface area contributed by atoms with Crippen LogP contribution in [0.3, 0.4) is 0 Å². The lowest BCUT2D eigenvalue weighted by molar-refractivity contribution is -0.145. The van der Waals surface area contributed by atoms with E-state index in [0.29, 0.717) is 18.5 Å². The molecule has 0 bridgehead atoms. The van der Waals surface area contributed by atoms with Gasteiger partial charge in [0.05, 0.1) is 6.54 Å². The highest BCUT2D eigenvalue weighted by atomic mass is 32.2. The summed E-state index contributed by atoms with van der Waals surface area (Å²) in [4.78, 5) is 25.0. The SMILES string of the molecule is CC(=O)OC1CCN(S(=O)(=O)N2CCN(C(=O)c3ccc(F)cc3)CC2)C1. The third-order valence-electron chi connectivity index (χ3n) is 4.71. The Labute approximate surface area is 157 Å². The molecular formula is C17H22FN3O5S.